The Balaban J connectivity index is 2.55. The second-order valence-electron chi connectivity index (χ2n) is 5.72. The summed E-state index contributed by atoms with van der Waals surface area (Å²) in [4.78, 5) is 0. The molecule has 0 aromatic heterocycles. The van der Waals surface area contributed by atoms with Gasteiger partial charge < -0.3 is 4.74 Å². The van der Waals surface area contributed by atoms with Gasteiger partial charge in [-0.2, -0.15) is 0 Å². The van der Waals surface area contributed by atoms with Crippen molar-refractivity contribution in [1.82, 2.24) is 0 Å². The summed E-state index contributed by atoms with van der Waals surface area (Å²) >= 11 is 12.3. The van der Waals surface area contributed by atoms with E-state index in [4.69, 9.17) is 27.9 Å². The summed E-state index contributed by atoms with van der Waals surface area (Å²) in [7, 11) is 0. The minimum Gasteiger partial charge on any atom is -0.375 e. The molecule has 1 nitrogen and oxygen atoms in total. The number of hydrogen-bond donors (Lipinski definition) is 0. The van der Waals surface area contributed by atoms with E-state index in [0.717, 1.165) is 19.3 Å². The summed E-state index contributed by atoms with van der Waals surface area (Å²) < 4.78 is 5.88. The van der Waals surface area contributed by atoms with Gasteiger partial charge in [-0.05, 0) is 38.5 Å². The highest BCUT2D eigenvalue weighted by molar-refractivity contribution is 6.21. The Bertz CT molecular complexity index is 202. The van der Waals surface area contributed by atoms with E-state index in [9.17, 15) is 0 Å². The first-order valence-electron chi connectivity index (χ1n) is 6.29. The lowest BCUT2D eigenvalue weighted by Gasteiger charge is -2.33. The highest BCUT2D eigenvalue weighted by Crippen LogP contribution is 2.38. The SMILES string of the molecule is CC(C)CC(CCl)(CCl)CC1CCC(C)O1. The molecule has 0 aromatic rings. The fourth-order valence-electron chi connectivity index (χ4n) is 2.72. The second-order valence-corrected chi connectivity index (χ2v) is 6.25. The fraction of sp³-hybridized carbons (Fsp3) is 1.00. The highest BCUT2D eigenvalue weighted by atomic mass is 35.5. The van der Waals surface area contributed by atoms with Gasteiger partial charge in [-0.25, -0.2) is 0 Å². The van der Waals surface area contributed by atoms with Gasteiger partial charge in [0.1, 0.15) is 0 Å². The molecule has 96 valence electrons. The molecule has 0 saturated carbocycles. The molecule has 0 amide bonds. The smallest absolute Gasteiger partial charge is 0.0585 e. The molecule has 1 fully saturated rings. The number of ether oxygens (including phenoxy) is 1. The van der Waals surface area contributed by atoms with E-state index in [1.165, 1.54) is 6.42 Å². The van der Waals surface area contributed by atoms with Crippen molar-refractivity contribution in [3.8, 4) is 0 Å². The Morgan fingerprint density at radius 1 is 1.25 bits per heavy atom. The third-order valence-corrected chi connectivity index (χ3v) is 4.52. The second kappa shape index (κ2) is 6.47. The maximum Gasteiger partial charge on any atom is 0.0585 e. The third kappa shape index (κ3) is 4.09. The van der Waals surface area contributed by atoms with Crippen LogP contribution in [-0.4, -0.2) is 24.0 Å². The van der Waals surface area contributed by atoms with Gasteiger partial charge in [0.25, 0.3) is 0 Å². The first kappa shape index (κ1) is 14.6. The van der Waals surface area contributed by atoms with Gasteiger partial charge in [0.05, 0.1) is 12.2 Å². The van der Waals surface area contributed by atoms with Gasteiger partial charge in [-0.3, -0.25) is 0 Å². The molecule has 1 aliphatic heterocycles. The summed E-state index contributed by atoms with van der Waals surface area (Å²) in [6, 6.07) is 0. The lowest BCUT2D eigenvalue weighted by molar-refractivity contribution is 0.0260. The van der Waals surface area contributed by atoms with Crippen LogP contribution >= 0.6 is 23.2 Å². The van der Waals surface area contributed by atoms with Crippen LogP contribution in [0.2, 0.25) is 0 Å². The molecule has 1 saturated heterocycles. The Morgan fingerprint density at radius 2 is 1.88 bits per heavy atom. The third-order valence-electron chi connectivity index (χ3n) is 3.39. The summed E-state index contributed by atoms with van der Waals surface area (Å²) in [5.41, 5.74) is 0.0615. The standard InChI is InChI=1S/C13H24Cl2O/c1-10(2)6-13(8-14,9-15)7-12-5-4-11(3)16-12/h10-12H,4-9H2,1-3H3. The molecule has 2 unspecified atom stereocenters. The minimum atomic E-state index is 0.0615. The van der Waals surface area contributed by atoms with Crippen LogP contribution in [0.15, 0.2) is 0 Å². The van der Waals surface area contributed by atoms with Crippen molar-refractivity contribution in [2.24, 2.45) is 11.3 Å². The Labute approximate surface area is 110 Å². The Kier molecular flexibility index (Phi) is 5.90. The van der Waals surface area contributed by atoms with Crippen molar-refractivity contribution in [2.45, 2.75) is 58.7 Å². The molecule has 0 spiro atoms. The van der Waals surface area contributed by atoms with E-state index in [0.29, 0.717) is 29.9 Å². The molecule has 0 aliphatic carbocycles. The topological polar surface area (TPSA) is 9.23 Å². The van der Waals surface area contributed by atoms with E-state index >= 15 is 0 Å². The van der Waals surface area contributed by atoms with Crippen LogP contribution < -0.4 is 0 Å². The molecule has 1 heterocycles. The molecule has 0 radical (unpaired) electrons. The van der Waals surface area contributed by atoms with Gasteiger partial charge >= 0.3 is 0 Å². The molecular formula is C13H24Cl2O. The highest BCUT2D eigenvalue weighted by Gasteiger charge is 2.35. The Morgan fingerprint density at radius 3 is 2.25 bits per heavy atom. The van der Waals surface area contributed by atoms with Gasteiger partial charge in [0.2, 0.25) is 0 Å². The summed E-state index contributed by atoms with van der Waals surface area (Å²) in [6.45, 7) is 6.60. The van der Waals surface area contributed by atoms with Gasteiger partial charge in [-0.15, -0.1) is 23.2 Å². The van der Waals surface area contributed by atoms with Crippen LogP contribution in [0, 0.1) is 11.3 Å². The average Bonchev–Trinajstić information content (AvgIpc) is 2.62. The first-order chi connectivity index (χ1) is 7.51. The van der Waals surface area contributed by atoms with Crippen LogP contribution in [0.3, 0.4) is 0 Å². The van der Waals surface area contributed by atoms with Crippen molar-refractivity contribution in [2.75, 3.05) is 11.8 Å². The van der Waals surface area contributed by atoms with E-state index in [1.807, 2.05) is 0 Å². The first-order valence-corrected chi connectivity index (χ1v) is 7.35. The molecule has 1 rings (SSSR count). The number of hydrogen-bond acceptors (Lipinski definition) is 1. The number of halogens is 2. The van der Waals surface area contributed by atoms with E-state index in [2.05, 4.69) is 20.8 Å². The minimum absolute atomic E-state index is 0.0615. The summed E-state index contributed by atoms with van der Waals surface area (Å²) in [6.07, 6.45) is 5.22. The molecule has 0 bridgehead atoms. The molecule has 16 heavy (non-hydrogen) atoms. The average molecular weight is 267 g/mol. The van der Waals surface area contributed by atoms with Gasteiger partial charge in [0.15, 0.2) is 0 Å². The normalized spacial score (nSPS) is 26.6. The van der Waals surface area contributed by atoms with Crippen molar-refractivity contribution < 1.29 is 4.74 Å². The maximum atomic E-state index is 6.14. The predicted octanol–water partition coefficient (Wildman–Crippen LogP) is 4.45. The van der Waals surface area contributed by atoms with E-state index in [1.54, 1.807) is 0 Å². The Hall–Kier alpha value is 0.540. The van der Waals surface area contributed by atoms with Gasteiger partial charge in [-0.1, -0.05) is 13.8 Å². The van der Waals surface area contributed by atoms with E-state index in [-0.39, 0.29) is 5.41 Å². The summed E-state index contributed by atoms with van der Waals surface area (Å²) in [5, 5.41) is 0. The predicted molar refractivity (Wildman–Crippen MR) is 71.5 cm³/mol. The van der Waals surface area contributed by atoms with Crippen LogP contribution in [0.1, 0.15) is 46.5 Å². The lowest BCUT2D eigenvalue weighted by Crippen LogP contribution is -2.32. The van der Waals surface area contributed by atoms with Crippen LogP contribution in [-0.2, 0) is 4.74 Å². The monoisotopic (exact) mass is 266 g/mol. The van der Waals surface area contributed by atoms with Crippen LogP contribution in [0.25, 0.3) is 0 Å². The van der Waals surface area contributed by atoms with Gasteiger partial charge in [0, 0.05) is 17.2 Å². The molecular weight excluding hydrogens is 243 g/mol. The summed E-state index contributed by atoms with van der Waals surface area (Å²) in [5.74, 6) is 1.92. The fourth-order valence-corrected chi connectivity index (χ4v) is 3.44. The lowest BCUT2D eigenvalue weighted by atomic mass is 9.78. The van der Waals surface area contributed by atoms with Crippen molar-refractivity contribution >= 4 is 23.2 Å². The zero-order valence-corrected chi connectivity index (χ0v) is 12.2. The van der Waals surface area contributed by atoms with Crippen molar-refractivity contribution in [3.05, 3.63) is 0 Å². The quantitative estimate of drug-likeness (QED) is 0.646. The van der Waals surface area contributed by atoms with Crippen LogP contribution in [0.4, 0.5) is 0 Å². The number of rotatable bonds is 6. The molecule has 1 aliphatic rings. The van der Waals surface area contributed by atoms with E-state index < -0.39 is 0 Å². The zero-order valence-electron chi connectivity index (χ0n) is 10.6. The van der Waals surface area contributed by atoms with Crippen molar-refractivity contribution in [1.29, 1.82) is 0 Å². The molecule has 0 aromatic carbocycles. The van der Waals surface area contributed by atoms with Crippen molar-refractivity contribution in [3.63, 3.8) is 0 Å². The van der Waals surface area contributed by atoms with Crippen LogP contribution in [0.5, 0.6) is 0 Å². The largest absolute Gasteiger partial charge is 0.375 e. The zero-order chi connectivity index (χ0) is 12.2. The molecule has 2 atom stereocenters. The molecule has 3 heteroatoms. The molecule has 0 N–H and O–H groups in total. The maximum absolute atomic E-state index is 6.14. The number of alkyl halides is 2.